The molecule has 0 amide bonds. The van der Waals surface area contributed by atoms with E-state index in [4.69, 9.17) is 9.05 Å². The second kappa shape index (κ2) is 6.98. The molecule has 0 aliphatic carbocycles. The molecular formula is C17H28N2O4P+. The number of aromatic amines is 1. The normalized spacial score (nSPS) is 15.6. The number of aromatic nitrogens is 1. The molecule has 2 rings (SSSR count). The lowest BCUT2D eigenvalue weighted by molar-refractivity contribution is -0.906. The van der Waals surface area contributed by atoms with Crippen molar-refractivity contribution in [2.24, 2.45) is 0 Å². The maximum absolute atomic E-state index is 12.0. The van der Waals surface area contributed by atoms with Crippen molar-refractivity contribution in [1.82, 2.24) is 4.98 Å². The first kappa shape index (κ1) is 19.2. The number of fused-ring (bicyclic) bond motifs is 1. The van der Waals surface area contributed by atoms with Gasteiger partial charge in [0.2, 0.25) is 0 Å². The van der Waals surface area contributed by atoms with Crippen LogP contribution in [0.4, 0.5) is 0 Å². The summed E-state index contributed by atoms with van der Waals surface area (Å²) in [4.78, 5) is 13.1. The van der Waals surface area contributed by atoms with Gasteiger partial charge in [0.25, 0.3) is 0 Å². The first-order valence-electron chi connectivity index (χ1n) is 8.03. The van der Waals surface area contributed by atoms with Gasteiger partial charge in [0.05, 0.1) is 26.2 Å². The summed E-state index contributed by atoms with van der Waals surface area (Å²) >= 11 is 0. The Labute approximate surface area is 143 Å². The Bertz CT molecular complexity index is 734. The molecule has 7 heteroatoms. The van der Waals surface area contributed by atoms with E-state index in [-0.39, 0.29) is 6.73 Å². The van der Waals surface area contributed by atoms with Gasteiger partial charge in [-0.2, -0.15) is 0 Å². The predicted octanol–water partition coefficient (Wildman–Crippen LogP) is 3.68. The van der Waals surface area contributed by atoms with Gasteiger partial charge in [0, 0.05) is 23.5 Å². The molecule has 0 saturated heterocycles. The molecule has 1 aromatic heterocycles. The fourth-order valence-corrected chi connectivity index (χ4v) is 3.63. The summed E-state index contributed by atoms with van der Waals surface area (Å²) in [5.41, 5.74) is 1.62. The van der Waals surface area contributed by atoms with E-state index in [0.29, 0.717) is 4.48 Å². The summed E-state index contributed by atoms with van der Waals surface area (Å²) in [5, 5.41) is 1.21. The number of H-pyrrole nitrogens is 1. The van der Waals surface area contributed by atoms with Gasteiger partial charge in [-0.3, -0.25) is 4.52 Å². The van der Waals surface area contributed by atoms with Gasteiger partial charge in [-0.15, -0.1) is 0 Å². The standard InChI is InChI=1S/C17H27N2O4P/c1-17(2,3)23-24(20,21)22-13-19(4,5)11-10-14-12-18-16-9-7-6-8-15(14)16/h6-9,12,18H,10-11,13H2,1-5H3/p+1. The number of phosphoric ester groups is 1. The lowest BCUT2D eigenvalue weighted by Crippen LogP contribution is -2.43. The first-order chi connectivity index (χ1) is 11.0. The number of para-hydroxylation sites is 1. The molecule has 0 radical (unpaired) electrons. The highest BCUT2D eigenvalue weighted by Crippen LogP contribution is 2.47. The summed E-state index contributed by atoms with van der Waals surface area (Å²) in [6.07, 6.45) is 2.86. The monoisotopic (exact) mass is 355 g/mol. The summed E-state index contributed by atoms with van der Waals surface area (Å²) in [5.74, 6) is 0. The summed E-state index contributed by atoms with van der Waals surface area (Å²) < 4.78 is 22.7. The Morgan fingerprint density at radius 2 is 1.92 bits per heavy atom. The molecule has 1 heterocycles. The third kappa shape index (κ3) is 5.72. The van der Waals surface area contributed by atoms with Crippen molar-refractivity contribution in [2.45, 2.75) is 32.8 Å². The van der Waals surface area contributed by atoms with E-state index in [1.54, 1.807) is 20.8 Å². The molecule has 0 aliphatic heterocycles. The van der Waals surface area contributed by atoms with E-state index in [0.717, 1.165) is 18.5 Å². The molecule has 0 aliphatic rings. The van der Waals surface area contributed by atoms with Crippen molar-refractivity contribution >= 4 is 18.7 Å². The molecule has 2 N–H and O–H groups in total. The molecule has 134 valence electrons. The summed E-state index contributed by atoms with van der Waals surface area (Å²) in [7, 11) is -0.127. The van der Waals surface area contributed by atoms with Crippen molar-refractivity contribution in [1.29, 1.82) is 0 Å². The molecule has 6 nitrogen and oxygen atoms in total. The number of quaternary nitrogens is 1. The first-order valence-corrected chi connectivity index (χ1v) is 9.52. The molecule has 1 aromatic carbocycles. The number of rotatable bonds is 7. The Morgan fingerprint density at radius 3 is 2.58 bits per heavy atom. The zero-order valence-corrected chi connectivity index (χ0v) is 16.0. The molecule has 24 heavy (non-hydrogen) atoms. The van der Waals surface area contributed by atoms with Gasteiger partial charge in [-0.25, -0.2) is 9.09 Å². The van der Waals surface area contributed by atoms with Crippen molar-refractivity contribution in [3.05, 3.63) is 36.0 Å². The summed E-state index contributed by atoms with van der Waals surface area (Å²) in [6, 6.07) is 8.17. The lowest BCUT2D eigenvalue weighted by atomic mass is 10.1. The van der Waals surface area contributed by atoms with Crippen molar-refractivity contribution in [3.63, 3.8) is 0 Å². The summed E-state index contributed by atoms with van der Waals surface area (Å²) in [6.45, 7) is 6.03. The molecule has 1 atom stereocenters. The minimum absolute atomic E-state index is 0.103. The van der Waals surface area contributed by atoms with Gasteiger partial charge in [0.15, 0.2) is 6.73 Å². The highest BCUT2D eigenvalue weighted by molar-refractivity contribution is 7.47. The molecule has 0 saturated carbocycles. The molecular weight excluding hydrogens is 327 g/mol. The smallest absolute Gasteiger partial charge is 0.361 e. The van der Waals surface area contributed by atoms with E-state index in [2.05, 4.69) is 11.1 Å². The van der Waals surface area contributed by atoms with E-state index in [9.17, 15) is 9.46 Å². The minimum atomic E-state index is -4.06. The van der Waals surface area contributed by atoms with E-state index in [1.165, 1.54) is 10.9 Å². The lowest BCUT2D eigenvalue weighted by Gasteiger charge is -2.31. The van der Waals surface area contributed by atoms with Crippen molar-refractivity contribution in [2.75, 3.05) is 27.4 Å². The largest absolute Gasteiger partial charge is 0.477 e. The SMILES string of the molecule is CC(C)(C)OP(=O)(O)OC[N+](C)(C)CCc1c[nH]c2ccccc12. The fraction of sp³-hybridized carbons (Fsp3) is 0.529. The minimum Gasteiger partial charge on any atom is -0.361 e. The van der Waals surface area contributed by atoms with E-state index < -0.39 is 13.4 Å². The topological polar surface area (TPSA) is 71.6 Å². The van der Waals surface area contributed by atoms with Crippen LogP contribution in [0, 0.1) is 0 Å². The average molecular weight is 355 g/mol. The van der Waals surface area contributed by atoms with Crippen LogP contribution in [0.2, 0.25) is 0 Å². The zero-order chi connectivity index (χ0) is 18.0. The van der Waals surface area contributed by atoms with Crippen LogP contribution in [0.25, 0.3) is 10.9 Å². The second-order valence-electron chi connectivity index (χ2n) is 7.70. The third-order valence-electron chi connectivity index (χ3n) is 3.62. The van der Waals surface area contributed by atoms with Crippen LogP contribution < -0.4 is 0 Å². The number of likely N-dealkylation sites (N-methyl/N-ethyl adjacent to an activating group) is 1. The highest BCUT2D eigenvalue weighted by Gasteiger charge is 2.31. The van der Waals surface area contributed by atoms with E-state index >= 15 is 0 Å². The number of hydrogen-bond acceptors (Lipinski definition) is 3. The third-order valence-corrected chi connectivity index (χ3v) is 4.84. The van der Waals surface area contributed by atoms with Crippen LogP contribution in [0.3, 0.4) is 0 Å². The predicted molar refractivity (Wildman–Crippen MR) is 95.6 cm³/mol. The maximum Gasteiger partial charge on any atom is 0.477 e. The number of nitrogens with one attached hydrogen (secondary N) is 1. The van der Waals surface area contributed by atoms with Gasteiger partial charge >= 0.3 is 7.82 Å². The number of nitrogens with zero attached hydrogens (tertiary/aromatic N) is 1. The van der Waals surface area contributed by atoms with Gasteiger partial charge < -0.3 is 14.4 Å². The number of benzene rings is 1. The van der Waals surface area contributed by atoms with Crippen LogP contribution in [0.5, 0.6) is 0 Å². The van der Waals surface area contributed by atoms with Gasteiger partial charge in [0.1, 0.15) is 0 Å². The number of hydrogen-bond donors (Lipinski definition) is 2. The fourth-order valence-electron chi connectivity index (χ4n) is 2.43. The quantitative estimate of drug-likeness (QED) is 0.452. The Balaban J connectivity index is 1.93. The van der Waals surface area contributed by atoms with Crippen molar-refractivity contribution < 1.29 is 23.0 Å². The average Bonchev–Trinajstić information content (AvgIpc) is 2.84. The Morgan fingerprint density at radius 1 is 1.25 bits per heavy atom. The van der Waals surface area contributed by atoms with Crippen LogP contribution in [0.15, 0.2) is 30.5 Å². The number of phosphoric acid groups is 1. The second-order valence-corrected chi connectivity index (χ2v) is 9.08. The van der Waals surface area contributed by atoms with Crippen molar-refractivity contribution in [3.8, 4) is 0 Å². The van der Waals surface area contributed by atoms with Crippen LogP contribution >= 0.6 is 7.82 Å². The Kier molecular flexibility index (Phi) is 5.57. The maximum atomic E-state index is 12.0. The van der Waals surface area contributed by atoms with Crippen LogP contribution in [-0.4, -0.2) is 47.3 Å². The molecule has 1 unspecified atom stereocenters. The highest BCUT2D eigenvalue weighted by atomic mass is 31.2. The van der Waals surface area contributed by atoms with Crippen LogP contribution in [-0.2, 0) is 20.0 Å². The van der Waals surface area contributed by atoms with Gasteiger partial charge in [-0.05, 0) is 32.4 Å². The zero-order valence-electron chi connectivity index (χ0n) is 15.1. The van der Waals surface area contributed by atoms with Gasteiger partial charge in [-0.1, -0.05) is 18.2 Å². The Hall–Kier alpha value is -1.17. The molecule has 0 fully saturated rings. The molecule has 0 spiro atoms. The molecule has 2 aromatic rings. The molecule has 0 bridgehead atoms. The van der Waals surface area contributed by atoms with E-state index in [1.807, 2.05) is 38.5 Å². The van der Waals surface area contributed by atoms with Crippen LogP contribution in [0.1, 0.15) is 26.3 Å².